The van der Waals surface area contributed by atoms with Crippen LogP contribution in [0.1, 0.15) is 17.2 Å². The summed E-state index contributed by atoms with van der Waals surface area (Å²) in [7, 11) is 0. The van der Waals surface area contributed by atoms with E-state index in [0.29, 0.717) is 0 Å². The van der Waals surface area contributed by atoms with Gasteiger partial charge < -0.3 is 10.1 Å². The van der Waals surface area contributed by atoms with Gasteiger partial charge in [0.2, 0.25) is 5.91 Å². The summed E-state index contributed by atoms with van der Waals surface area (Å²) < 4.78 is 5.85. The second-order valence-corrected chi connectivity index (χ2v) is 4.32. The Labute approximate surface area is 111 Å². The van der Waals surface area contributed by atoms with E-state index in [9.17, 15) is 4.79 Å². The van der Waals surface area contributed by atoms with Gasteiger partial charge in [0.1, 0.15) is 11.5 Å². The van der Waals surface area contributed by atoms with Crippen molar-refractivity contribution in [1.82, 2.24) is 5.32 Å². The van der Waals surface area contributed by atoms with Gasteiger partial charge in [-0.2, -0.15) is 0 Å². The standard InChI is InChI=1S/C16H13NO2/c1-2-15(18)17-16-11-7-3-5-9-13(11)19-14-10-6-4-8-12(14)16/h2-10,16H,1H2,(H,17,18). The van der Waals surface area contributed by atoms with Crippen LogP contribution in [0.15, 0.2) is 61.2 Å². The number of carbonyl (C=O) groups is 1. The van der Waals surface area contributed by atoms with Crippen molar-refractivity contribution in [2.24, 2.45) is 0 Å². The van der Waals surface area contributed by atoms with Gasteiger partial charge in [0.05, 0.1) is 6.04 Å². The Morgan fingerprint density at radius 1 is 1.05 bits per heavy atom. The fraction of sp³-hybridized carbons (Fsp3) is 0.0625. The van der Waals surface area contributed by atoms with Gasteiger partial charge in [-0.1, -0.05) is 43.0 Å². The zero-order chi connectivity index (χ0) is 13.2. The molecule has 1 aliphatic rings. The van der Waals surface area contributed by atoms with Crippen molar-refractivity contribution in [3.05, 3.63) is 72.3 Å². The molecule has 1 aliphatic heterocycles. The quantitative estimate of drug-likeness (QED) is 0.832. The average Bonchev–Trinajstić information content (AvgIpc) is 2.46. The maximum absolute atomic E-state index is 11.6. The molecule has 3 heteroatoms. The second-order valence-electron chi connectivity index (χ2n) is 4.32. The highest BCUT2D eigenvalue weighted by atomic mass is 16.5. The summed E-state index contributed by atoms with van der Waals surface area (Å²) in [5.74, 6) is 1.35. The zero-order valence-electron chi connectivity index (χ0n) is 10.3. The molecule has 0 radical (unpaired) electrons. The normalized spacial score (nSPS) is 12.8. The summed E-state index contributed by atoms with van der Waals surface area (Å²) in [5, 5.41) is 2.94. The Balaban J connectivity index is 2.11. The second kappa shape index (κ2) is 4.61. The number of fused-ring (bicyclic) bond motifs is 2. The van der Waals surface area contributed by atoms with E-state index in [-0.39, 0.29) is 11.9 Å². The third-order valence-electron chi connectivity index (χ3n) is 3.15. The molecule has 0 aromatic heterocycles. The van der Waals surface area contributed by atoms with Gasteiger partial charge in [0.15, 0.2) is 0 Å². The summed E-state index contributed by atoms with van der Waals surface area (Å²) in [6.07, 6.45) is 1.28. The van der Waals surface area contributed by atoms with Gasteiger partial charge in [-0.15, -0.1) is 0 Å². The van der Waals surface area contributed by atoms with Crippen molar-refractivity contribution >= 4 is 5.91 Å². The summed E-state index contributed by atoms with van der Waals surface area (Å²) in [6, 6.07) is 15.2. The summed E-state index contributed by atoms with van der Waals surface area (Å²) >= 11 is 0. The molecule has 19 heavy (non-hydrogen) atoms. The summed E-state index contributed by atoms with van der Waals surface area (Å²) in [5.41, 5.74) is 1.91. The molecule has 3 rings (SSSR count). The smallest absolute Gasteiger partial charge is 0.244 e. The molecule has 94 valence electrons. The third kappa shape index (κ3) is 1.99. The lowest BCUT2D eigenvalue weighted by atomic mass is 9.94. The first-order chi connectivity index (χ1) is 9.29. The molecule has 2 aromatic rings. The molecular weight excluding hydrogens is 238 g/mol. The first-order valence-electron chi connectivity index (χ1n) is 6.08. The van der Waals surface area contributed by atoms with Gasteiger partial charge in [-0.3, -0.25) is 4.79 Å². The van der Waals surface area contributed by atoms with Crippen molar-refractivity contribution in [1.29, 1.82) is 0 Å². The van der Waals surface area contributed by atoms with E-state index in [2.05, 4.69) is 11.9 Å². The number of benzene rings is 2. The maximum atomic E-state index is 11.6. The number of nitrogens with one attached hydrogen (secondary N) is 1. The van der Waals surface area contributed by atoms with Crippen LogP contribution in [0.5, 0.6) is 11.5 Å². The van der Waals surface area contributed by atoms with Gasteiger partial charge in [-0.05, 0) is 18.2 Å². The first-order valence-corrected chi connectivity index (χ1v) is 6.08. The molecule has 0 saturated heterocycles. The van der Waals surface area contributed by atoms with E-state index in [1.165, 1.54) is 6.08 Å². The van der Waals surface area contributed by atoms with Crippen LogP contribution in [0, 0.1) is 0 Å². The van der Waals surface area contributed by atoms with Crippen molar-refractivity contribution in [3.8, 4) is 11.5 Å². The van der Waals surface area contributed by atoms with Crippen molar-refractivity contribution < 1.29 is 9.53 Å². The Morgan fingerprint density at radius 3 is 2.11 bits per heavy atom. The van der Waals surface area contributed by atoms with E-state index in [4.69, 9.17) is 4.74 Å². The molecule has 1 amide bonds. The van der Waals surface area contributed by atoms with Crippen LogP contribution < -0.4 is 10.1 Å². The van der Waals surface area contributed by atoms with Crippen LogP contribution in [0.4, 0.5) is 0 Å². The third-order valence-corrected chi connectivity index (χ3v) is 3.15. The largest absolute Gasteiger partial charge is 0.457 e. The molecule has 1 N–H and O–H groups in total. The molecule has 0 atom stereocenters. The van der Waals surface area contributed by atoms with Gasteiger partial charge in [0.25, 0.3) is 0 Å². The Hall–Kier alpha value is -2.55. The minimum atomic E-state index is -0.202. The van der Waals surface area contributed by atoms with Crippen LogP contribution in [-0.2, 0) is 4.79 Å². The molecule has 0 bridgehead atoms. The first kappa shape index (κ1) is 11.5. The molecule has 0 saturated carbocycles. The van der Waals surface area contributed by atoms with Gasteiger partial charge in [0, 0.05) is 11.1 Å². The molecule has 0 unspecified atom stereocenters. The van der Waals surface area contributed by atoms with Gasteiger partial charge >= 0.3 is 0 Å². The maximum Gasteiger partial charge on any atom is 0.244 e. The number of hydrogen-bond donors (Lipinski definition) is 1. The van der Waals surface area contributed by atoms with Crippen LogP contribution in [0.25, 0.3) is 0 Å². The highest BCUT2D eigenvalue weighted by Gasteiger charge is 2.27. The Bertz CT molecular complexity index is 603. The highest BCUT2D eigenvalue weighted by molar-refractivity contribution is 5.87. The number of hydrogen-bond acceptors (Lipinski definition) is 2. The number of para-hydroxylation sites is 2. The lowest BCUT2D eigenvalue weighted by molar-refractivity contribution is -0.117. The SMILES string of the molecule is C=CC(=O)NC1c2ccccc2Oc2ccccc21. The predicted octanol–water partition coefficient (Wildman–Crippen LogP) is 3.18. The minimum absolute atomic E-state index is 0.198. The van der Waals surface area contributed by atoms with E-state index in [0.717, 1.165) is 22.6 Å². The number of amides is 1. The molecule has 0 spiro atoms. The predicted molar refractivity (Wildman–Crippen MR) is 73.1 cm³/mol. The topological polar surface area (TPSA) is 38.3 Å². The average molecular weight is 251 g/mol. The fourth-order valence-corrected chi connectivity index (χ4v) is 2.27. The lowest BCUT2D eigenvalue weighted by Crippen LogP contribution is -2.29. The van der Waals surface area contributed by atoms with E-state index >= 15 is 0 Å². The molecule has 2 aromatic carbocycles. The van der Waals surface area contributed by atoms with Crippen molar-refractivity contribution in [2.45, 2.75) is 6.04 Å². The Morgan fingerprint density at radius 2 is 1.58 bits per heavy atom. The summed E-state index contributed by atoms with van der Waals surface area (Å²) in [6.45, 7) is 3.49. The number of ether oxygens (including phenoxy) is 1. The minimum Gasteiger partial charge on any atom is -0.457 e. The van der Waals surface area contributed by atoms with E-state index in [1.807, 2.05) is 48.5 Å². The van der Waals surface area contributed by atoms with E-state index in [1.54, 1.807) is 0 Å². The lowest BCUT2D eigenvalue weighted by Gasteiger charge is -2.28. The number of rotatable bonds is 2. The van der Waals surface area contributed by atoms with Crippen molar-refractivity contribution in [3.63, 3.8) is 0 Å². The van der Waals surface area contributed by atoms with Crippen molar-refractivity contribution in [2.75, 3.05) is 0 Å². The van der Waals surface area contributed by atoms with Crippen LogP contribution in [0.3, 0.4) is 0 Å². The Kier molecular flexibility index (Phi) is 2.80. The monoisotopic (exact) mass is 251 g/mol. The highest BCUT2D eigenvalue weighted by Crippen LogP contribution is 2.42. The summed E-state index contributed by atoms with van der Waals surface area (Å²) in [4.78, 5) is 11.6. The zero-order valence-corrected chi connectivity index (χ0v) is 10.3. The molecular formula is C16H13NO2. The molecule has 0 aliphatic carbocycles. The number of carbonyl (C=O) groups excluding carboxylic acids is 1. The molecule has 3 nitrogen and oxygen atoms in total. The van der Waals surface area contributed by atoms with Crippen LogP contribution in [0.2, 0.25) is 0 Å². The van der Waals surface area contributed by atoms with Crippen LogP contribution in [-0.4, -0.2) is 5.91 Å². The van der Waals surface area contributed by atoms with E-state index < -0.39 is 0 Å². The fourth-order valence-electron chi connectivity index (χ4n) is 2.27. The van der Waals surface area contributed by atoms with Crippen LogP contribution >= 0.6 is 0 Å². The molecule has 1 heterocycles. The van der Waals surface area contributed by atoms with Gasteiger partial charge in [-0.25, -0.2) is 0 Å². The molecule has 0 fully saturated rings.